The molecule has 0 aliphatic rings. The summed E-state index contributed by atoms with van der Waals surface area (Å²) in [4.78, 5) is 2.42. The zero-order valence-corrected chi connectivity index (χ0v) is 18.3. The average molecular weight is 411 g/mol. The Bertz CT molecular complexity index is 840. The number of hydrogen-bond acceptors (Lipinski definition) is 4. The topological polar surface area (TPSA) is 18.5 Å². The zero-order valence-electron chi connectivity index (χ0n) is 16.7. The predicted molar refractivity (Wildman–Crippen MR) is 124 cm³/mol. The zero-order chi connectivity index (χ0) is 19.9. The summed E-state index contributed by atoms with van der Waals surface area (Å²) >= 11 is 3.44. The van der Waals surface area contributed by atoms with Gasteiger partial charge in [-0.25, -0.2) is 0 Å². The smallest absolute Gasteiger partial charge is 0.127 e. The molecule has 2 nitrogen and oxygen atoms in total. The quantitative estimate of drug-likeness (QED) is 0.378. The molecule has 4 heteroatoms. The molecule has 0 saturated heterocycles. The van der Waals surface area contributed by atoms with Gasteiger partial charge in [0.1, 0.15) is 11.5 Å². The molecule has 0 unspecified atom stereocenters. The van der Waals surface area contributed by atoms with Gasteiger partial charge in [-0.15, -0.1) is 22.7 Å². The summed E-state index contributed by atoms with van der Waals surface area (Å²) in [5.74, 6) is 1.73. The van der Waals surface area contributed by atoms with Crippen molar-refractivity contribution in [2.45, 2.75) is 39.9 Å². The van der Waals surface area contributed by atoms with Gasteiger partial charge in [-0.05, 0) is 87.0 Å². The normalized spacial score (nSPS) is 11.9. The van der Waals surface area contributed by atoms with E-state index >= 15 is 0 Å². The summed E-state index contributed by atoms with van der Waals surface area (Å²) in [7, 11) is 0. The van der Waals surface area contributed by atoms with Crippen LogP contribution >= 0.6 is 22.7 Å². The Morgan fingerprint density at radius 2 is 1.11 bits per heavy atom. The second-order valence-corrected chi connectivity index (χ2v) is 8.92. The molecule has 146 valence electrons. The van der Waals surface area contributed by atoms with Crippen LogP contribution in [-0.2, 0) is 0 Å². The fourth-order valence-corrected chi connectivity index (χ4v) is 3.92. The van der Waals surface area contributed by atoms with Crippen LogP contribution in [-0.4, -0.2) is 12.2 Å². The van der Waals surface area contributed by atoms with E-state index in [-0.39, 0.29) is 12.2 Å². The summed E-state index contributed by atoms with van der Waals surface area (Å²) in [6.07, 6.45) is 8.63. The third-order valence-electron chi connectivity index (χ3n) is 3.81. The monoisotopic (exact) mass is 410 g/mol. The van der Waals surface area contributed by atoms with Gasteiger partial charge in [0.15, 0.2) is 0 Å². The molecular formula is C24H26O2S2. The van der Waals surface area contributed by atoms with Crippen LogP contribution in [0.15, 0.2) is 47.2 Å². The molecular weight excluding hydrogens is 384 g/mol. The molecule has 2 heterocycles. The van der Waals surface area contributed by atoms with Gasteiger partial charge in [0.25, 0.3) is 0 Å². The van der Waals surface area contributed by atoms with E-state index in [9.17, 15) is 0 Å². The highest BCUT2D eigenvalue weighted by atomic mass is 32.1. The van der Waals surface area contributed by atoms with Crippen molar-refractivity contribution in [3.8, 4) is 11.5 Å². The average Bonchev–Trinajstić information content (AvgIpc) is 3.33. The van der Waals surface area contributed by atoms with Crippen LogP contribution in [0.4, 0.5) is 0 Å². The van der Waals surface area contributed by atoms with Crippen molar-refractivity contribution in [2.75, 3.05) is 0 Å². The largest absolute Gasteiger partial charge is 0.490 e. The van der Waals surface area contributed by atoms with Gasteiger partial charge in [-0.3, -0.25) is 0 Å². The first-order valence-corrected chi connectivity index (χ1v) is 11.2. The van der Waals surface area contributed by atoms with Crippen LogP contribution in [0.1, 0.15) is 48.6 Å². The minimum atomic E-state index is 0.0971. The molecule has 0 aliphatic carbocycles. The lowest BCUT2D eigenvalue weighted by atomic mass is 10.1. The molecule has 0 bridgehead atoms. The van der Waals surface area contributed by atoms with Crippen LogP contribution in [0.3, 0.4) is 0 Å². The lowest BCUT2D eigenvalue weighted by molar-refractivity contribution is 0.234. The number of hydrogen-bond donors (Lipinski definition) is 0. The van der Waals surface area contributed by atoms with E-state index in [0.717, 1.165) is 22.6 Å². The van der Waals surface area contributed by atoms with Crippen molar-refractivity contribution in [2.24, 2.45) is 0 Å². The second-order valence-electron chi connectivity index (χ2n) is 6.96. The summed E-state index contributed by atoms with van der Waals surface area (Å²) in [5, 5.41) is 4.16. The Morgan fingerprint density at radius 1 is 0.679 bits per heavy atom. The third-order valence-corrected chi connectivity index (χ3v) is 5.48. The highest BCUT2D eigenvalue weighted by Crippen LogP contribution is 2.33. The van der Waals surface area contributed by atoms with E-state index in [1.165, 1.54) is 9.75 Å². The Hall–Kier alpha value is -2.30. The summed E-state index contributed by atoms with van der Waals surface area (Å²) in [6.45, 7) is 8.19. The number of benzene rings is 1. The lowest BCUT2D eigenvalue weighted by Gasteiger charge is -2.18. The SMILES string of the molecule is CC(C)Oc1cc(/C=C/c2cccs2)c(OC(C)C)cc1/C=C/c1cccs1. The molecule has 0 aliphatic heterocycles. The first kappa shape index (κ1) is 20.4. The van der Waals surface area contributed by atoms with E-state index in [1.807, 2.05) is 27.7 Å². The molecule has 0 saturated carbocycles. The minimum absolute atomic E-state index is 0.0971. The van der Waals surface area contributed by atoms with Gasteiger partial charge >= 0.3 is 0 Å². The molecule has 1 aromatic carbocycles. The molecule has 0 fully saturated rings. The first-order chi connectivity index (χ1) is 13.5. The Morgan fingerprint density at radius 3 is 1.43 bits per heavy atom. The van der Waals surface area contributed by atoms with E-state index in [1.54, 1.807) is 22.7 Å². The van der Waals surface area contributed by atoms with Crippen molar-refractivity contribution in [3.63, 3.8) is 0 Å². The molecule has 0 radical (unpaired) electrons. The van der Waals surface area contributed by atoms with Crippen LogP contribution < -0.4 is 9.47 Å². The Labute approximate surface area is 175 Å². The molecule has 0 atom stereocenters. The van der Waals surface area contributed by atoms with Crippen molar-refractivity contribution in [1.29, 1.82) is 0 Å². The molecule has 2 aromatic heterocycles. The highest BCUT2D eigenvalue weighted by Gasteiger charge is 2.12. The summed E-state index contributed by atoms with van der Waals surface area (Å²) in [5.41, 5.74) is 2.04. The van der Waals surface area contributed by atoms with E-state index in [4.69, 9.17) is 9.47 Å². The van der Waals surface area contributed by atoms with Crippen molar-refractivity contribution >= 4 is 47.0 Å². The molecule has 0 amide bonds. The highest BCUT2D eigenvalue weighted by molar-refractivity contribution is 7.11. The molecule has 0 spiro atoms. The Kier molecular flexibility index (Phi) is 7.12. The van der Waals surface area contributed by atoms with Gasteiger partial charge in [0, 0.05) is 20.9 Å². The summed E-state index contributed by atoms with van der Waals surface area (Å²) < 4.78 is 12.2. The number of thiophene rings is 2. The summed E-state index contributed by atoms with van der Waals surface area (Å²) in [6, 6.07) is 12.5. The van der Waals surface area contributed by atoms with Gasteiger partial charge < -0.3 is 9.47 Å². The first-order valence-electron chi connectivity index (χ1n) is 9.46. The molecule has 3 aromatic rings. The van der Waals surface area contributed by atoms with Crippen LogP contribution in [0, 0.1) is 0 Å². The van der Waals surface area contributed by atoms with Gasteiger partial charge in [-0.2, -0.15) is 0 Å². The second kappa shape index (κ2) is 9.76. The van der Waals surface area contributed by atoms with Gasteiger partial charge in [0.2, 0.25) is 0 Å². The fourth-order valence-electron chi connectivity index (χ4n) is 2.68. The lowest BCUT2D eigenvalue weighted by Crippen LogP contribution is -2.09. The maximum atomic E-state index is 6.12. The van der Waals surface area contributed by atoms with Crippen LogP contribution in [0.5, 0.6) is 11.5 Å². The maximum absolute atomic E-state index is 6.12. The van der Waals surface area contributed by atoms with Gasteiger partial charge in [-0.1, -0.05) is 12.1 Å². The predicted octanol–water partition coefficient (Wildman–Crippen LogP) is 7.72. The van der Waals surface area contributed by atoms with Crippen LogP contribution in [0.2, 0.25) is 0 Å². The van der Waals surface area contributed by atoms with E-state index < -0.39 is 0 Å². The number of ether oxygens (including phenoxy) is 2. The maximum Gasteiger partial charge on any atom is 0.127 e. The van der Waals surface area contributed by atoms with Crippen molar-refractivity contribution in [3.05, 3.63) is 68.0 Å². The minimum Gasteiger partial charge on any atom is -0.490 e. The van der Waals surface area contributed by atoms with E-state index in [0.29, 0.717) is 0 Å². The molecule has 3 rings (SSSR count). The van der Waals surface area contributed by atoms with Crippen LogP contribution in [0.25, 0.3) is 24.3 Å². The standard InChI is InChI=1S/C24H26O2S2/c1-17(2)25-23-15-20(10-12-22-8-6-14-28-22)24(26-18(3)4)16-19(23)9-11-21-7-5-13-27-21/h5-18H,1-4H3/b11-9+,12-10+. The third kappa shape index (κ3) is 5.85. The van der Waals surface area contributed by atoms with Gasteiger partial charge in [0.05, 0.1) is 12.2 Å². The fraction of sp³-hybridized carbons (Fsp3) is 0.250. The van der Waals surface area contributed by atoms with E-state index in [2.05, 4.69) is 71.5 Å². The molecule has 28 heavy (non-hydrogen) atoms. The molecule has 0 N–H and O–H groups in total. The number of rotatable bonds is 8. The van der Waals surface area contributed by atoms with Crippen molar-refractivity contribution < 1.29 is 9.47 Å². The van der Waals surface area contributed by atoms with Crippen molar-refractivity contribution in [1.82, 2.24) is 0 Å². The Balaban J connectivity index is 2.02.